The van der Waals surface area contributed by atoms with E-state index in [4.69, 9.17) is 4.74 Å². The Morgan fingerprint density at radius 3 is 2.58 bits per heavy atom. The lowest BCUT2D eigenvalue weighted by molar-refractivity contribution is -0.114. The number of carbonyl (C=O) groups excluding carboxylic acids is 1. The van der Waals surface area contributed by atoms with Crippen LogP contribution in [0.25, 0.3) is 0 Å². The Labute approximate surface area is 204 Å². The van der Waals surface area contributed by atoms with Crippen LogP contribution in [0.1, 0.15) is 84.0 Å². The minimum absolute atomic E-state index is 0.237. The van der Waals surface area contributed by atoms with E-state index < -0.39 is 11.7 Å². The molecule has 0 aromatic rings. The van der Waals surface area contributed by atoms with Crippen LogP contribution in [0.15, 0.2) is 34.4 Å². The number of ether oxygens (including phenoxy) is 1. The maximum atomic E-state index is 14.2. The van der Waals surface area contributed by atoms with E-state index in [0.717, 1.165) is 38.5 Å². The van der Waals surface area contributed by atoms with Gasteiger partial charge in [0.25, 0.3) is 6.08 Å². The van der Waals surface area contributed by atoms with Gasteiger partial charge in [0.15, 0.2) is 5.78 Å². The van der Waals surface area contributed by atoms with Crippen LogP contribution in [0.2, 0.25) is 0 Å². The second kappa shape index (κ2) is 8.11. The third kappa shape index (κ3) is 3.27. The lowest BCUT2D eigenvalue weighted by Crippen LogP contribution is -2.53. The van der Waals surface area contributed by atoms with E-state index in [1.54, 1.807) is 5.57 Å². The Morgan fingerprint density at radius 2 is 1.82 bits per heavy atom. The van der Waals surface area contributed by atoms with Gasteiger partial charge in [-0.15, -0.1) is 0 Å². The molecule has 1 aliphatic heterocycles. The van der Waals surface area contributed by atoms with Crippen LogP contribution in [-0.4, -0.2) is 22.8 Å². The second-order valence-corrected chi connectivity index (χ2v) is 13.1. The summed E-state index contributed by atoms with van der Waals surface area (Å²) in [4.78, 5) is 12.8. The molecule has 0 radical (unpaired) electrons. The van der Waals surface area contributed by atoms with Crippen molar-refractivity contribution in [3.63, 3.8) is 0 Å². The van der Waals surface area contributed by atoms with E-state index in [-0.39, 0.29) is 11.2 Å². The van der Waals surface area contributed by atoms with Crippen molar-refractivity contribution in [1.82, 2.24) is 0 Å². The molecule has 5 heteroatoms. The quantitative estimate of drug-likeness (QED) is 0.331. The van der Waals surface area contributed by atoms with E-state index in [0.29, 0.717) is 53.5 Å². The molecule has 0 amide bonds. The van der Waals surface area contributed by atoms with Crippen molar-refractivity contribution in [2.45, 2.75) is 94.4 Å². The van der Waals surface area contributed by atoms with Gasteiger partial charge in [-0.3, -0.25) is 4.79 Å². The lowest BCUT2D eigenvalue weighted by Gasteiger charge is -2.57. The molecule has 2 nitrogen and oxygen atoms in total. The molecular formula is C28H35BrF2O2. The van der Waals surface area contributed by atoms with Gasteiger partial charge in [-0.2, -0.15) is 8.78 Å². The molecule has 0 aromatic heterocycles. The second-order valence-electron chi connectivity index (χ2n) is 11.8. The van der Waals surface area contributed by atoms with Crippen molar-refractivity contribution in [2.24, 2.45) is 29.1 Å². The summed E-state index contributed by atoms with van der Waals surface area (Å²) >= 11 is 3.83. The average molecular weight is 521 g/mol. The number of allylic oxidation sites excluding steroid dienone is 4. The number of carbonyl (C=O) groups is 1. The molecule has 5 atom stereocenters. The zero-order valence-corrected chi connectivity index (χ0v) is 21.2. The van der Waals surface area contributed by atoms with E-state index in [2.05, 4.69) is 22.9 Å². The smallest absolute Gasteiger partial charge is 0.272 e. The highest BCUT2D eigenvalue weighted by Gasteiger charge is 2.67. The molecule has 5 aliphatic carbocycles. The van der Waals surface area contributed by atoms with Crippen LogP contribution in [0.5, 0.6) is 0 Å². The number of alkyl halides is 1. The van der Waals surface area contributed by atoms with Crippen molar-refractivity contribution >= 4 is 21.7 Å². The van der Waals surface area contributed by atoms with Crippen molar-refractivity contribution in [1.29, 1.82) is 0 Å². The predicted octanol–water partition coefficient (Wildman–Crippen LogP) is 7.68. The topological polar surface area (TPSA) is 26.3 Å². The molecule has 3 saturated carbocycles. The van der Waals surface area contributed by atoms with E-state index >= 15 is 0 Å². The number of ketones is 1. The van der Waals surface area contributed by atoms with Gasteiger partial charge < -0.3 is 4.74 Å². The average Bonchev–Trinajstić information content (AvgIpc) is 3.36. The van der Waals surface area contributed by atoms with E-state index in [1.165, 1.54) is 36.8 Å². The predicted molar refractivity (Wildman–Crippen MR) is 128 cm³/mol. The fraction of sp³-hybridized carbons (Fsp3) is 0.750. The van der Waals surface area contributed by atoms with Gasteiger partial charge in [-0.05, 0) is 105 Å². The number of hydrogen-bond acceptors (Lipinski definition) is 2. The molecule has 6 aliphatic rings. The van der Waals surface area contributed by atoms with Gasteiger partial charge in [-0.25, -0.2) is 0 Å². The van der Waals surface area contributed by atoms with Crippen LogP contribution in [0.4, 0.5) is 8.78 Å². The monoisotopic (exact) mass is 520 g/mol. The van der Waals surface area contributed by atoms with Crippen LogP contribution < -0.4 is 0 Å². The zero-order chi connectivity index (χ0) is 23.0. The molecule has 1 heterocycles. The first-order valence-electron chi connectivity index (χ1n) is 13.1. The highest BCUT2D eigenvalue weighted by atomic mass is 79.9. The molecule has 33 heavy (non-hydrogen) atoms. The van der Waals surface area contributed by atoms with E-state index in [1.807, 2.05) is 6.08 Å². The number of fused-ring (bicyclic) bond motifs is 5. The Hall–Kier alpha value is -0.810. The van der Waals surface area contributed by atoms with Crippen LogP contribution in [-0.2, 0) is 9.53 Å². The fourth-order valence-corrected chi connectivity index (χ4v) is 9.74. The van der Waals surface area contributed by atoms with Crippen LogP contribution in [0.3, 0.4) is 0 Å². The molecular weight excluding hydrogens is 486 g/mol. The summed E-state index contributed by atoms with van der Waals surface area (Å²) in [6.45, 7) is 2.74. The van der Waals surface area contributed by atoms with Gasteiger partial charge >= 0.3 is 0 Å². The van der Waals surface area contributed by atoms with Crippen LogP contribution >= 0.6 is 15.9 Å². The summed E-state index contributed by atoms with van der Waals surface area (Å²) in [6, 6.07) is 0. The van der Waals surface area contributed by atoms with Crippen molar-refractivity contribution in [3.8, 4) is 0 Å². The summed E-state index contributed by atoms with van der Waals surface area (Å²) in [5.74, 6) is 2.18. The number of hydrogen-bond donors (Lipinski definition) is 0. The summed E-state index contributed by atoms with van der Waals surface area (Å²) < 4.78 is 34.8. The lowest BCUT2D eigenvalue weighted by atomic mass is 9.49. The minimum Gasteiger partial charge on any atom is -0.370 e. The number of halogens is 3. The maximum Gasteiger partial charge on any atom is 0.272 e. The molecule has 1 saturated heterocycles. The third-order valence-corrected chi connectivity index (χ3v) is 11.5. The SMILES string of the molecule is C[C@]12C[C@H](C3CCC(Br)CC3)C3=C4CCC(=O)C=C4CCC3C1CC[C@]21OCCC1=C(F)F. The molecule has 1 spiro atoms. The van der Waals surface area contributed by atoms with Crippen molar-refractivity contribution in [3.05, 3.63) is 34.4 Å². The summed E-state index contributed by atoms with van der Waals surface area (Å²) in [5, 5.41) is 0. The van der Waals surface area contributed by atoms with Crippen LogP contribution in [0, 0.1) is 29.1 Å². The Balaban J connectivity index is 1.48. The van der Waals surface area contributed by atoms with Gasteiger partial charge in [0.05, 0.1) is 6.61 Å². The molecule has 2 unspecified atom stereocenters. The van der Waals surface area contributed by atoms with Gasteiger partial charge in [0.1, 0.15) is 5.60 Å². The zero-order valence-electron chi connectivity index (χ0n) is 19.6. The first-order chi connectivity index (χ1) is 15.8. The summed E-state index contributed by atoms with van der Waals surface area (Å²) in [7, 11) is 0. The molecule has 4 fully saturated rings. The van der Waals surface area contributed by atoms with Gasteiger partial charge in [0, 0.05) is 28.7 Å². The Bertz CT molecular complexity index is 955. The van der Waals surface area contributed by atoms with Crippen molar-refractivity contribution in [2.75, 3.05) is 6.61 Å². The molecule has 0 aromatic carbocycles. The molecule has 0 bridgehead atoms. The maximum absolute atomic E-state index is 14.2. The summed E-state index contributed by atoms with van der Waals surface area (Å²) in [6.07, 6.45) is 11.9. The largest absolute Gasteiger partial charge is 0.370 e. The normalized spacial score (nSPS) is 45.1. The third-order valence-electron chi connectivity index (χ3n) is 10.6. The Kier molecular flexibility index (Phi) is 5.57. The molecule has 6 rings (SSSR count). The number of rotatable bonds is 1. The highest BCUT2D eigenvalue weighted by molar-refractivity contribution is 9.09. The summed E-state index contributed by atoms with van der Waals surface area (Å²) in [5.41, 5.74) is 3.72. The molecule has 0 N–H and O–H groups in total. The van der Waals surface area contributed by atoms with Gasteiger partial charge in [-0.1, -0.05) is 28.4 Å². The van der Waals surface area contributed by atoms with Gasteiger partial charge in [0.2, 0.25) is 0 Å². The first kappa shape index (κ1) is 22.6. The van der Waals surface area contributed by atoms with E-state index in [9.17, 15) is 13.6 Å². The molecule has 180 valence electrons. The van der Waals surface area contributed by atoms with Crippen molar-refractivity contribution < 1.29 is 18.3 Å². The first-order valence-corrected chi connectivity index (χ1v) is 14.0. The highest BCUT2D eigenvalue weighted by Crippen LogP contribution is 2.70. The standard InChI is InChI=1S/C28H35BrF2O2/c1-27-15-22(16-2-5-18(29)6-3-16)25-20-9-7-19(32)14-17(20)4-8-21(25)23(27)10-12-28(27)24(26(30)31)11-13-33-28/h14,16,18,21-23H,2-13,15H2,1H3/t16?,18?,21?,22-,23?,27+,28-/m1/s1. The fourth-order valence-electron chi connectivity index (χ4n) is 9.21. The minimum atomic E-state index is -1.49. The Morgan fingerprint density at radius 1 is 1.03 bits per heavy atom.